The number of para-hydroxylation sites is 1. The van der Waals surface area contributed by atoms with Crippen LogP contribution in [0.5, 0.6) is 5.75 Å². The zero-order valence-electron chi connectivity index (χ0n) is 15.8. The lowest BCUT2D eigenvalue weighted by Gasteiger charge is -2.34. The first-order valence-electron chi connectivity index (χ1n) is 9.42. The Balaban J connectivity index is 1.68. The Labute approximate surface area is 159 Å². The van der Waals surface area contributed by atoms with Gasteiger partial charge in [-0.3, -0.25) is 4.79 Å². The molecule has 4 nitrogen and oxygen atoms in total. The summed E-state index contributed by atoms with van der Waals surface area (Å²) in [5.41, 5.74) is 1.21. The molecule has 1 aliphatic carbocycles. The lowest BCUT2D eigenvalue weighted by molar-refractivity contribution is -0.137. The van der Waals surface area contributed by atoms with Crippen molar-refractivity contribution in [3.8, 4) is 5.75 Å². The maximum Gasteiger partial charge on any atom is 0.233 e. The Bertz CT molecular complexity index is 848. The summed E-state index contributed by atoms with van der Waals surface area (Å²) in [6.07, 6.45) is 1.53. The number of carbonyl (C=O) groups excluding carboxylic acids is 1. The molecule has 1 amide bonds. The SMILES string of the molecule is CN(C)CC1COc2ccccc2CN1C(=O)C1(c2cccc(F)c2)CC1. The van der Waals surface area contributed by atoms with Crippen LogP contribution in [0.15, 0.2) is 48.5 Å². The fourth-order valence-electron chi connectivity index (χ4n) is 3.99. The van der Waals surface area contributed by atoms with Crippen LogP contribution in [0.1, 0.15) is 24.0 Å². The standard InChI is InChI=1S/C22H25FN2O2/c1-24(2)14-19-15-27-20-9-4-3-6-16(20)13-25(19)21(26)22(10-11-22)17-7-5-8-18(23)12-17/h3-9,12,19H,10-11,13-15H2,1-2H3. The predicted molar refractivity (Wildman–Crippen MR) is 102 cm³/mol. The maximum atomic E-state index is 13.8. The average Bonchev–Trinajstić information content (AvgIpc) is 3.46. The third kappa shape index (κ3) is 3.44. The molecule has 1 aliphatic heterocycles. The first-order valence-corrected chi connectivity index (χ1v) is 9.42. The molecule has 0 N–H and O–H groups in total. The van der Waals surface area contributed by atoms with Crippen LogP contribution in [0.3, 0.4) is 0 Å². The predicted octanol–water partition coefficient (Wildman–Crippen LogP) is 3.21. The summed E-state index contributed by atoms with van der Waals surface area (Å²) in [5, 5.41) is 0. The molecule has 1 fully saturated rings. The minimum absolute atomic E-state index is 0.0501. The van der Waals surface area contributed by atoms with Gasteiger partial charge in [-0.15, -0.1) is 0 Å². The fourth-order valence-corrected chi connectivity index (χ4v) is 3.99. The summed E-state index contributed by atoms with van der Waals surface area (Å²) < 4.78 is 19.8. The zero-order chi connectivity index (χ0) is 19.0. The van der Waals surface area contributed by atoms with Gasteiger partial charge in [0.05, 0.1) is 11.5 Å². The first-order chi connectivity index (χ1) is 13.0. The number of carbonyl (C=O) groups is 1. The number of nitrogens with zero attached hydrogens (tertiary/aromatic N) is 2. The van der Waals surface area contributed by atoms with Crippen molar-refractivity contribution >= 4 is 5.91 Å². The van der Waals surface area contributed by atoms with Gasteiger partial charge in [-0.05, 0) is 50.7 Å². The highest BCUT2D eigenvalue weighted by Gasteiger charge is 2.54. The largest absolute Gasteiger partial charge is 0.491 e. The van der Waals surface area contributed by atoms with Gasteiger partial charge < -0.3 is 14.5 Å². The Kier molecular flexibility index (Phi) is 4.64. The number of halogens is 1. The normalized spacial score (nSPS) is 20.6. The van der Waals surface area contributed by atoms with Gasteiger partial charge in [0.25, 0.3) is 0 Å². The topological polar surface area (TPSA) is 32.8 Å². The van der Waals surface area contributed by atoms with E-state index in [1.807, 2.05) is 49.3 Å². The van der Waals surface area contributed by atoms with Crippen molar-refractivity contribution in [2.24, 2.45) is 0 Å². The molecule has 1 saturated carbocycles. The third-order valence-corrected chi connectivity index (χ3v) is 5.56. The summed E-state index contributed by atoms with van der Waals surface area (Å²) in [4.78, 5) is 17.7. The fraction of sp³-hybridized carbons (Fsp3) is 0.409. The van der Waals surface area contributed by atoms with E-state index in [9.17, 15) is 9.18 Å². The minimum Gasteiger partial charge on any atom is -0.491 e. The molecule has 0 aromatic heterocycles. The van der Waals surface area contributed by atoms with Gasteiger partial charge in [-0.1, -0.05) is 30.3 Å². The second-order valence-electron chi connectivity index (χ2n) is 7.86. The van der Waals surface area contributed by atoms with Crippen molar-refractivity contribution < 1.29 is 13.9 Å². The van der Waals surface area contributed by atoms with Crippen LogP contribution in [0.4, 0.5) is 4.39 Å². The Hall–Kier alpha value is -2.40. The quantitative estimate of drug-likeness (QED) is 0.831. The number of rotatable bonds is 4. The lowest BCUT2D eigenvalue weighted by Crippen LogP contribution is -2.50. The number of amides is 1. The maximum absolute atomic E-state index is 13.8. The van der Waals surface area contributed by atoms with E-state index in [0.717, 1.165) is 36.3 Å². The van der Waals surface area contributed by atoms with Gasteiger partial charge in [-0.2, -0.15) is 0 Å². The number of ether oxygens (including phenoxy) is 1. The van der Waals surface area contributed by atoms with Crippen LogP contribution in [-0.2, 0) is 16.8 Å². The minimum atomic E-state index is -0.591. The third-order valence-electron chi connectivity index (χ3n) is 5.56. The molecule has 0 radical (unpaired) electrons. The highest BCUT2D eigenvalue weighted by atomic mass is 19.1. The molecule has 1 atom stereocenters. The van der Waals surface area contributed by atoms with Crippen molar-refractivity contribution in [1.29, 1.82) is 0 Å². The molecule has 2 aromatic carbocycles. The summed E-state index contributed by atoms with van der Waals surface area (Å²) in [7, 11) is 4.00. The second-order valence-corrected chi connectivity index (χ2v) is 7.86. The second kappa shape index (κ2) is 6.97. The number of fused-ring (bicyclic) bond motifs is 1. The number of hydrogen-bond acceptors (Lipinski definition) is 3. The molecule has 0 bridgehead atoms. The van der Waals surface area contributed by atoms with Gasteiger partial charge in [0.2, 0.25) is 5.91 Å². The molecular weight excluding hydrogens is 343 g/mol. The van der Waals surface area contributed by atoms with E-state index in [2.05, 4.69) is 4.90 Å². The first kappa shape index (κ1) is 18.0. The van der Waals surface area contributed by atoms with Crippen LogP contribution in [-0.4, -0.2) is 49.0 Å². The van der Waals surface area contributed by atoms with Crippen molar-refractivity contribution in [3.05, 3.63) is 65.5 Å². The molecule has 5 heteroatoms. The highest BCUT2D eigenvalue weighted by Crippen LogP contribution is 2.50. The van der Waals surface area contributed by atoms with E-state index in [0.29, 0.717) is 13.2 Å². The van der Waals surface area contributed by atoms with Crippen LogP contribution >= 0.6 is 0 Å². The molecule has 2 aromatic rings. The Morgan fingerprint density at radius 1 is 1.22 bits per heavy atom. The Morgan fingerprint density at radius 3 is 2.70 bits per heavy atom. The average molecular weight is 368 g/mol. The molecular formula is C22H25FN2O2. The molecule has 1 heterocycles. The van der Waals surface area contributed by atoms with E-state index < -0.39 is 5.41 Å². The van der Waals surface area contributed by atoms with Gasteiger partial charge in [-0.25, -0.2) is 4.39 Å². The summed E-state index contributed by atoms with van der Waals surface area (Å²) in [6.45, 7) is 1.70. The van der Waals surface area contributed by atoms with E-state index in [4.69, 9.17) is 4.74 Å². The van der Waals surface area contributed by atoms with Crippen molar-refractivity contribution in [2.45, 2.75) is 30.8 Å². The van der Waals surface area contributed by atoms with Gasteiger partial charge in [0.15, 0.2) is 0 Å². The highest BCUT2D eigenvalue weighted by molar-refractivity contribution is 5.91. The van der Waals surface area contributed by atoms with Gasteiger partial charge in [0.1, 0.15) is 18.2 Å². The van der Waals surface area contributed by atoms with Crippen molar-refractivity contribution in [2.75, 3.05) is 27.2 Å². The molecule has 1 unspecified atom stereocenters. The number of benzene rings is 2. The van der Waals surface area contributed by atoms with E-state index in [1.54, 1.807) is 6.07 Å². The number of likely N-dealkylation sites (N-methyl/N-ethyl adjacent to an activating group) is 1. The molecule has 4 rings (SSSR count). The summed E-state index contributed by atoms with van der Waals surface area (Å²) >= 11 is 0. The van der Waals surface area contributed by atoms with E-state index >= 15 is 0 Å². The van der Waals surface area contributed by atoms with Crippen LogP contribution in [0.25, 0.3) is 0 Å². The van der Waals surface area contributed by atoms with Crippen LogP contribution in [0.2, 0.25) is 0 Å². The van der Waals surface area contributed by atoms with Gasteiger partial charge in [0, 0.05) is 18.7 Å². The lowest BCUT2D eigenvalue weighted by atomic mass is 9.93. The summed E-state index contributed by atoms with van der Waals surface area (Å²) in [5.74, 6) is 0.633. The zero-order valence-corrected chi connectivity index (χ0v) is 15.8. The molecule has 2 aliphatic rings. The van der Waals surface area contributed by atoms with Crippen LogP contribution in [0, 0.1) is 5.82 Å². The monoisotopic (exact) mass is 368 g/mol. The summed E-state index contributed by atoms with van der Waals surface area (Å²) in [6, 6.07) is 14.3. The van der Waals surface area contributed by atoms with Crippen LogP contribution < -0.4 is 4.74 Å². The molecule has 0 saturated heterocycles. The Morgan fingerprint density at radius 2 is 2.00 bits per heavy atom. The molecule has 0 spiro atoms. The smallest absolute Gasteiger partial charge is 0.233 e. The van der Waals surface area contributed by atoms with Gasteiger partial charge >= 0.3 is 0 Å². The van der Waals surface area contributed by atoms with E-state index in [1.165, 1.54) is 12.1 Å². The molecule has 27 heavy (non-hydrogen) atoms. The number of hydrogen-bond donors (Lipinski definition) is 0. The van der Waals surface area contributed by atoms with E-state index in [-0.39, 0.29) is 17.8 Å². The van der Waals surface area contributed by atoms with Crippen molar-refractivity contribution in [1.82, 2.24) is 9.80 Å². The molecule has 142 valence electrons. The van der Waals surface area contributed by atoms with Crippen molar-refractivity contribution in [3.63, 3.8) is 0 Å².